The Morgan fingerprint density at radius 1 is 1.10 bits per heavy atom. The zero-order chi connectivity index (χ0) is 14.6. The Morgan fingerprint density at radius 2 is 1.70 bits per heavy atom. The normalized spacial score (nSPS) is 23.6. The Morgan fingerprint density at radius 3 is 2.25 bits per heavy atom. The molecule has 2 fully saturated rings. The van der Waals surface area contributed by atoms with Crippen molar-refractivity contribution in [3.63, 3.8) is 0 Å². The fourth-order valence-electron chi connectivity index (χ4n) is 3.30. The molecule has 1 aliphatic heterocycles. The van der Waals surface area contributed by atoms with E-state index in [-0.39, 0.29) is 18.7 Å². The van der Waals surface area contributed by atoms with Crippen molar-refractivity contribution in [2.24, 2.45) is 5.92 Å². The SMILES string of the molecule is O=C(CCC1CCCCC1)N1CCC(O)(C(=O)O)CC1. The monoisotopic (exact) mass is 283 g/mol. The molecule has 0 bridgehead atoms. The molecule has 1 saturated heterocycles. The van der Waals surface area contributed by atoms with E-state index in [1.807, 2.05) is 0 Å². The topological polar surface area (TPSA) is 77.8 Å². The number of carboxylic acids is 1. The average Bonchev–Trinajstić information content (AvgIpc) is 2.46. The Labute approximate surface area is 120 Å². The van der Waals surface area contributed by atoms with Crippen molar-refractivity contribution in [3.05, 3.63) is 0 Å². The maximum absolute atomic E-state index is 12.1. The predicted octanol–water partition coefficient (Wildman–Crippen LogP) is 1.79. The van der Waals surface area contributed by atoms with E-state index < -0.39 is 11.6 Å². The Hall–Kier alpha value is -1.10. The molecule has 0 aromatic heterocycles. The van der Waals surface area contributed by atoms with Crippen LogP contribution in [0.2, 0.25) is 0 Å². The maximum atomic E-state index is 12.1. The van der Waals surface area contributed by atoms with Gasteiger partial charge in [-0.05, 0) is 12.3 Å². The Kier molecular flexibility index (Phi) is 5.02. The lowest BCUT2D eigenvalue weighted by Gasteiger charge is -2.35. The summed E-state index contributed by atoms with van der Waals surface area (Å²) >= 11 is 0. The molecule has 5 nitrogen and oxygen atoms in total. The first-order valence-electron chi connectivity index (χ1n) is 7.75. The van der Waals surface area contributed by atoms with Gasteiger partial charge in [0.25, 0.3) is 0 Å². The van der Waals surface area contributed by atoms with Gasteiger partial charge in [-0.1, -0.05) is 32.1 Å². The molecule has 1 saturated carbocycles. The molecule has 1 heterocycles. The van der Waals surface area contributed by atoms with E-state index in [9.17, 15) is 14.7 Å². The summed E-state index contributed by atoms with van der Waals surface area (Å²) in [6, 6.07) is 0. The van der Waals surface area contributed by atoms with Crippen LogP contribution in [0.25, 0.3) is 0 Å². The lowest BCUT2D eigenvalue weighted by atomic mass is 9.86. The molecule has 1 aliphatic carbocycles. The number of hydrogen-bond acceptors (Lipinski definition) is 3. The van der Waals surface area contributed by atoms with Gasteiger partial charge in [-0.25, -0.2) is 4.79 Å². The molecule has 0 spiro atoms. The van der Waals surface area contributed by atoms with E-state index >= 15 is 0 Å². The number of likely N-dealkylation sites (tertiary alicyclic amines) is 1. The minimum Gasteiger partial charge on any atom is -0.479 e. The Balaban J connectivity index is 1.73. The molecule has 1 amide bonds. The standard InChI is InChI=1S/C15H25NO4/c17-13(7-6-12-4-2-1-3-5-12)16-10-8-15(20,9-11-16)14(18)19/h12,20H,1-11H2,(H,18,19). The third kappa shape index (κ3) is 3.72. The van der Waals surface area contributed by atoms with Gasteiger partial charge in [0.15, 0.2) is 5.60 Å². The summed E-state index contributed by atoms with van der Waals surface area (Å²) in [5, 5.41) is 18.8. The summed E-state index contributed by atoms with van der Waals surface area (Å²) in [7, 11) is 0. The minimum atomic E-state index is -1.64. The quantitative estimate of drug-likeness (QED) is 0.824. The molecule has 2 aliphatic rings. The number of hydrogen-bond donors (Lipinski definition) is 2. The number of rotatable bonds is 4. The first-order chi connectivity index (χ1) is 9.51. The minimum absolute atomic E-state index is 0.114. The molecule has 5 heteroatoms. The van der Waals surface area contributed by atoms with Crippen molar-refractivity contribution in [1.29, 1.82) is 0 Å². The molecule has 0 aromatic rings. The van der Waals surface area contributed by atoms with Crippen LogP contribution in [0, 0.1) is 5.92 Å². The number of carboxylic acid groups (broad SMARTS) is 1. The van der Waals surface area contributed by atoms with Crippen molar-refractivity contribution in [3.8, 4) is 0 Å². The summed E-state index contributed by atoms with van der Waals surface area (Å²) in [6.07, 6.45) is 8.18. The molecule has 0 aromatic carbocycles. The van der Waals surface area contributed by atoms with Crippen LogP contribution in [0.3, 0.4) is 0 Å². The second kappa shape index (κ2) is 6.57. The van der Waals surface area contributed by atoms with Crippen LogP contribution in [-0.2, 0) is 9.59 Å². The molecule has 0 unspecified atom stereocenters. The van der Waals surface area contributed by atoms with Crippen LogP contribution in [0.15, 0.2) is 0 Å². The lowest BCUT2D eigenvalue weighted by molar-refractivity contribution is -0.165. The van der Waals surface area contributed by atoms with Gasteiger partial charge in [-0.15, -0.1) is 0 Å². The number of carbonyl (C=O) groups excluding carboxylic acids is 1. The van der Waals surface area contributed by atoms with Gasteiger partial charge in [0.1, 0.15) is 0 Å². The van der Waals surface area contributed by atoms with Crippen molar-refractivity contribution in [2.45, 2.75) is 63.4 Å². The molecule has 2 rings (SSSR count). The highest BCUT2D eigenvalue weighted by molar-refractivity contribution is 5.79. The van der Waals surface area contributed by atoms with Crippen molar-refractivity contribution >= 4 is 11.9 Å². The zero-order valence-corrected chi connectivity index (χ0v) is 12.0. The van der Waals surface area contributed by atoms with Crippen molar-refractivity contribution in [1.82, 2.24) is 4.90 Å². The van der Waals surface area contributed by atoms with Gasteiger partial charge in [0.2, 0.25) is 5.91 Å². The van der Waals surface area contributed by atoms with E-state index in [0.717, 1.165) is 6.42 Å². The van der Waals surface area contributed by atoms with Crippen LogP contribution in [0.1, 0.15) is 57.8 Å². The molecule has 0 atom stereocenters. The zero-order valence-electron chi connectivity index (χ0n) is 12.0. The van der Waals surface area contributed by atoms with Gasteiger partial charge in [-0.2, -0.15) is 0 Å². The first kappa shape index (κ1) is 15.3. The smallest absolute Gasteiger partial charge is 0.335 e. The summed E-state index contributed by atoms with van der Waals surface area (Å²) in [5.41, 5.74) is -1.64. The number of piperidine rings is 1. The van der Waals surface area contributed by atoms with Crippen molar-refractivity contribution < 1.29 is 19.8 Å². The molecule has 2 N–H and O–H groups in total. The molecular weight excluding hydrogens is 258 g/mol. The highest BCUT2D eigenvalue weighted by atomic mass is 16.4. The molecule has 0 radical (unpaired) electrons. The number of aliphatic carboxylic acids is 1. The van der Waals surface area contributed by atoms with Gasteiger partial charge in [0.05, 0.1) is 0 Å². The summed E-state index contributed by atoms with van der Waals surface area (Å²) in [5.74, 6) is -0.372. The highest BCUT2D eigenvalue weighted by Gasteiger charge is 2.40. The van der Waals surface area contributed by atoms with Gasteiger partial charge in [0, 0.05) is 32.4 Å². The molecule has 20 heavy (non-hydrogen) atoms. The van der Waals surface area contributed by atoms with Crippen LogP contribution in [0.4, 0.5) is 0 Å². The number of amides is 1. The summed E-state index contributed by atoms with van der Waals surface area (Å²) in [6.45, 7) is 0.707. The van der Waals surface area contributed by atoms with Gasteiger partial charge >= 0.3 is 5.97 Å². The second-order valence-corrected chi connectivity index (χ2v) is 6.26. The maximum Gasteiger partial charge on any atom is 0.335 e. The lowest BCUT2D eigenvalue weighted by Crippen LogP contribution is -2.50. The average molecular weight is 283 g/mol. The fourth-order valence-corrected chi connectivity index (χ4v) is 3.30. The van der Waals surface area contributed by atoms with E-state index in [2.05, 4.69) is 0 Å². The fraction of sp³-hybridized carbons (Fsp3) is 0.867. The predicted molar refractivity (Wildman–Crippen MR) is 74.2 cm³/mol. The second-order valence-electron chi connectivity index (χ2n) is 6.26. The van der Waals surface area contributed by atoms with Crippen LogP contribution in [0.5, 0.6) is 0 Å². The van der Waals surface area contributed by atoms with Crippen LogP contribution in [-0.4, -0.2) is 45.7 Å². The van der Waals surface area contributed by atoms with Gasteiger partial charge in [-0.3, -0.25) is 4.79 Å². The van der Waals surface area contributed by atoms with E-state index in [4.69, 9.17) is 5.11 Å². The molecule has 114 valence electrons. The van der Waals surface area contributed by atoms with Crippen molar-refractivity contribution in [2.75, 3.05) is 13.1 Å². The summed E-state index contributed by atoms with van der Waals surface area (Å²) < 4.78 is 0. The third-order valence-electron chi connectivity index (χ3n) is 4.83. The summed E-state index contributed by atoms with van der Waals surface area (Å²) in [4.78, 5) is 24.8. The van der Waals surface area contributed by atoms with E-state index in [1.165, 1.54) is 32.1 Å². The Bertz CT molecular complexity index is 355. The van der Waals surface area contributed by atoms with Crippen LogP contribution < -0.4 is 0 Å². The van der Waals surface area contributed by atoms with E-state index in [1.54, 1.807) is 4.90 Å². The highest BCUT2D eigenvalue weighted by Crippen LogP contribution is 2.28. The first-order valence-corrected chi connectivity index (χ1v) is 7.75. The third-order valence-corrected chi connectivity index (χ3v) is 4.83. The largest absolute Gasteiger partial charge is 0.479 e. The van der Waals surface area contributed by atoms with Crippen LogP contribution >= 0.6 is 0 Å². The molecular formula is C15H25NO4. The number of carbonyl (C=O) groups is 2. The number of nitrogens with zero attached hydrogens (tertiary/aromatic N) is 1. The van der Waals surface area contributed by atoms with Gasteiger partial charge < -0.3 is 15.1 Å². The number of aliphatic hydroxyl groups is 1. The van der Waals surface area contributed by atoms with E-state index in [0.29, 0.717) is 25.4 Å².